The average molecular weight is 253 g/mol. The number of halogens is 5. The molecule has 0 bridgehead atoms. The first kappa shape index (κ1) is 13.7. The molecule has 0 saturated carbocycles. The van der Waals surface area contributed by atoms with Gasteiger partial charge in [-0.25, -0.2) is 8.78 Å². The molecule has 0 heterocycles. The molecule has 0 amide bonds. The summed E-state index contributed by atoms with van der Waals surface area (Å²) in [5, 5.41) is 1.93. The summed E-state index contributed by atoms with van der Waals surface area (Å²) >= 11 is 0. The number of anilines is 1. The van der Waals surface area contributed by atoms with Crippen molar-refractivity contribution in [1.82, 2.24) is 0 Å². The van der Waals surface area contributed by atoms with Gasteiger partial charge in [-0.3, -0.25) is 0 Å². The lowest BCUT2D eigenvalue weighted by Crippen LogP contribution is -2.21. The van der Waals surface area contributed by atoms with E-state index in [2.05, 4.69) is 0 Å². The fourth-order valence-electron chi connectivity index (χ4n) is 1.44. The van der Waals surface area contributed by atoms with E-state index >= 15 is 0 Å². The molecule has 0 atom stereocenters. The summed E-state index contributed by atoms with van der Waals surface area (Å²) in [6.07, 6.45) is -4.43. The van der Waals surface area contributed by atoms with E-state index in [-0.39, 0.29) is 17.2 Å². The minimum atomic E-state index is -4.43. The van der Waals surface area contributed by atoms with Crippen LogP contribution in [-0.2, 0) is 0 Å². The SMILES string of the molecule is CC(C)c1c(F)cc(NCC(F)(F)F)cc1F. The molecule has 0 unspecified atom stereocenters. The quantitative estimate of drug-likeness (QED) is 0.801. The Balaban J connectivity index is 2.91. The monoisotopic (exact) mass is 253 g/mol. The molecule has 0 aliphatic carbocycles. The van der Waals surface area contributed by atoms with Crippen LogP contribution in [-0.4, -0.2) is 12.7 Å². The highest BCUT2D eigenvalue weighted by molar-refractivity contribution is 5.46. The zero-order chi connectivity index (χ0) is 13.2. The van der Waals surface area contributed by atoms with E-state index < -0.39 is 24.4 Å². The summed E-state index contributed by atoms with van der Waals surface area (Å²) < 4.78 is 62.5. The van der Waals surface area contributed by atoms with Crippen LogP contribution < -0.4 is 5.32 Å². The molecule has 0 aliphatic heterocycles. The van der Waals surface area contributed by atoms with E-state index in [1.54, 1.807) is 13.8 Å². The molecule has 1 rings (SSSR count). The van der Waals surface area contributed by atoms with E-state index in [1.807, 2.05) is 5.32 Å². The van der Waals surface area contributed by atoms with Crippen molar-refractivity contribution in [1.29, 1.82) is 0 Å². The van der Waals surface area contributed by atoms with Gasteiger partial charge in [-0.05, 0) is 18.1 Å². The Labute approximate surface area is 95.6 Å². The maximum Gasteiger partial charge on any atom is 0.405 e. The van der Waals surface area contributed by atoms with Gasteiger partial charge in [-0.15, -0.1) is 0 Å². The molecule has 1 N–H and O–H groups in total. The van der Waals surface area contributed by atoms with Gasteiger partial charge in [0.2, 0.25) is 0 Å². The Morgan fingerprint density at radius 3 is 1.94 bits per heavy atom. The van der Waals surface area contributed by atoms with Gasteiger partial charge in [0.15, 0.2) is 0 Å². The van der Waals surface area contributed by atoms with Gasteiger partial charge in [0.25, 0.3) is 0 Å². The van der Waals surface area contributed by atoms with E-state index in [1.165, 1.54) is 0 Å². The molecule has 0 spiro atoms. The molecule has 6 heteroatoms. The smallest absolute Gasteiger partial charge is 0.376 e. The lowest BCUT2D eigenvalue weighted by atomic mass is 10.0. The van der Waals surface area contributed by atoms with Crippen LogP contribution in [0.15, 0.2) is 12.1 Å². The third-order valence-electron chi connectivity index (χ3n) is 2.15. The highest BCUT2D eigenvalue weighted by Crippen LogP contribution is 2.26. The maximum atomic E-state index is 13.4. The summed E-state index contributed by atoms with van der Waals surface area (Å²) in [7, 11) is 0. The lowest BCUT2D eigenvalue weighted by molar-refractivity contribution is -0.115. The molecule has 0 fully saturated rings. The summed E-state index contributed by atoms with van der Waals surface area (Å²) in [5.74, 6) is -2.05. The second-order valence-corrected chi connectivity index (χ2v) is 3.98. The van der Waals surface area contributed by atoms with Gasteiger partial charge in [0.05, 0.1) is 0 Å². The molecular weight excluding hydrogens is 241 g/mol. The van der Waals surface area contributed by atoms with Crippen molar-refractivity contribution >= 4 is 5.69 Å². The van der Waals surface area contributed by atoms with E-state index in [0.717, 1.165) is 12.1 Å². The number of hydrogen-bond donors (Lipinski definition) is 1. The second kappa shape index (κ2) is 4.89. The number of nitrogens with one attached hydrogen (secondary N) is 1. The molecule has 0 radical (unpaired) electrons. The summed E-state index contributed by atoms with van der Waals surface area (Å²) in [6.45, 7) is 1.88. The van der Waals surface area contributed by atoms with Crippen molar-refractivity contribution in [2.75, 3.05) is 11.9 Å². The number of rotatable bonds is 3. The van der Waals surface area contributed by atoms with E-state index in [9.17, 15) is 22.0 Å². The number of alkyl halides is 3. The summed E-state index contributed by atoms with van der Waals surface area (Å²) in [5.41, 5.74) is -0.343. The lowest BCUT2D eigenvalue weighted by Gasteiger charge is -2.13. The molecular formula is C11H12F5N. The van der Waals surface area contributed by atoms with Crippen LogP contribution in [0, 0.1) is 11.6 Å². The molecule has 1 aromatic rings. The van der Waals surface area contributed by atoms with Crippen LogP contribution in [0.25, 0.3) is 0 Å². The first-order valence-corrected chi connectivity index (χ1v) is 5.00. The zero-order valence-electron chi connectivity index (χ0n) is 9.33. The van der Waals surface area contributed by atoms with Crippen LogP contribution >= 0.6 is 0 Å². The van der Waals surface area contributed by atoms with Gasteiger partial charge < -0.3 is 5.32 Å². The highest BCUT2D eigenvalue weighted by atomic mass is 19.4. The highest BCUT2D eigenvalue weighted by Gasteiger charge is 2.27. The average Bonchev–Trinajstić information content (AvgIpc) is 2.11. The summed E-state index contributed by atoms with van der Waals surface area (Å²) in [6, 6.07) is 1.73. The Hall–Kier alpha value is -1.33. The Morgan fingerprint density at radius 1 is 1.12 bits per heavy atom. The standard InChI is InChI=1S/C11H12F5N/c1-6(2)10-8(12)3-7(4-9(10)13)17-5-11(14,15)16/h3-4,6,17H,5H2,1-2H3. The maximum absolute atomic E-state index is 13.4. The molecule has 0 saturated heterocycles. The topological polar surface area (TPSA) is 12.0 Å². The number of hydrogen-bond acceptors (Lipinski definition) is 1. The van der Waals surface area contributed by atoms with Crippen LogP contribution in [0.5, 0.6) is 0 Å². The van der Waals surface area contributed by atoms with Crippen molar-refractivity contribution in [3.8, 4) is 0 Å². The Morgan fingerprint density at radius 2 is 1.59 bits per heavy atom. The Kier molecular flexibility index (Phi) is 3.95. The molecule has 1 nitrogen and oxygen atoms in total. The largest absolute Gasteiger partial charge is 0.405 e. The fourth-order valence-corrected chi connectivity index (χ4v) is 1.44. The van der Waals surface area contributed by atoms with Crippen molar-refractivity contribution in [3.05, 3.63) is 29.3 Å². The van der Waals surface area contributed by atoms with Gasteiger partial charge in [-0.1, -0.05) is 13.8 Å². The van der Waals surface area contributed by atoms with Crippen molar-refractivity contribution in [2.45, 2.75) is 25.9 Å². The predicted molar refractivity (Wildman–Crippen MR) is 55.0 cm³/mol. The van der Waals surface area contributed by atoms with Gasteiger partial charge in [0.1, 0.15) is 18.2 Å². The summed E-state index contributed by atoms with van der Waals surface area (Å²) in [4.78, 5) is 0. The fraction of sp³-hybridized carbons (Fsp3) is 0.455. The molecule has 17 heavy (non-hydrogen) atoms. The minimum Gasteiger partial charge on any atom is -0.376 e. The number of benzene rings is 1. The third kappa shape index (κ3) is 3.87. The predicted octanol–water partition coefficient (Wildman–Crippen LogP) is 4.06. The van der Waals surface area contributed by atoms with Crippen molar-refractivity contribution < 1.29 is 22.0 Å². The second-order valence-electron chi connectivity index (χ2n) is 3.98. The van der Waals surface area contributed by atoms with Gasteiger partial charge in [-0.2, -0.15) is 13.2 Å². The third-order valence-corrected chi connectivity index (χ3v) is 2.15. The molecule has 1 aromatic carbocycles. The first-order chi connectivity index (χ1) is 7.70. The van der Waals surface area contributed by atoms with Crippen molar-refractivity contribution in [2.24, 2.45) is 0 Å². The van der Waals surface area contributed by atoms with Gasteiger partial charge >= 0.3 is 6.18 Å². The van der Waals surface area contributed by atoms with Crippen LogP contribution in [0.4, 0.5) is 27.6 Å². The van der Waals surface area contributed by atoms with Crippen molar-refractivity contribution in [3.63, 3.8) is 0 Å². The Bertz CT molecular complexity index is 374. The van der Waals surface area contributed by atoms with E-state index in [0.29, 0.717) is 0 Å². The molecule has 96 valence electrons. The van der Waals surface area contributed by atoms with Gasteiger partial charge in [0, 0.05) is 11.3 Å². The molecule has 0 aromatic heterocycles. The van der Waals surface area contributed by atoms with Crippen LogP contribution in [0.2, 0.25) is 0 Å². The van der Waals surface area contributed by atoms with Crippen LogP contribution in [0.3, 0.4) is 0 Å². The minimum absolute atomic E-state index is 0.123. The normalized spacial score (nSPS) is 12.0. The zero-order valence-corrected chi connectivity index (χ0v) is 9.33. The molecule has 0 aliphatic rings. The van der Waals surface area contributed by atoms with E-state index in [4.69, 9.17) is 0 Å². The van der Waals surface area contributed by atoms with Crippen LogP contribution in [0.1, 0.15) is 25.3 Å². The first-order valence-electron chi connectivity index (χ1n) is 5.00.